The van der Waals surface area contributed by atoms with Gasteiger partial charge in [-0.1, -0.05) is 54.6 Å². The molecular formula is C21H19N3O2. The average Bonchev–Trinajstić information content (AvgIpc) is 3.06. The Morgan fingerprint density at radius 3 is 2.31 bits per heavy atom. The van der Waals surface area contributed by atoms with Gasteiger partial charge in [0.25, 0.3) is 5.56 Å². The Morgan fingerprint density at radius 2 is 1.62 bits per heavy atom. The Balaban J connectivity index is 1.46. The summed E-state index contributed by atoms with van der Waals surface area (Å²) >= 11 is 0. The van der Waals surface area contributed by atoms with E-state index in [1.165, 1.54) is 21.9 Å². The summed E-state index contributed by atoms with van der Waals surface area (Å²) < 4.78 is 1.22. The molecule has 2 aromatic carbocycles. The van der Waals surface area contributed by atoms with Crippen LogP contribution in [0.3, 0.4) is 0 Å². The zero-order valence-corrected chi connectivity index (χ0v) is 14.3. The molecule has 4 rings (SSSR count). The van der Waals surface area contributed by atoms with Gasteiger partial charge in [-0.2, -0.15) is 5.10 Å². The Kier molecular flexibility index (Phi) is 4.35. The monoisotopic (exact) mass is 345 g/mol. The maximum absolute atomic E-state index is 12.4. The van der Waals surface area contributed by atoms with Crippen molar-refractivity contribution in [3.05, 3.63) is 88.2 Å². The lowest BCUT2D eigenvalue weighted by atomic mass is 10.1. The molecule has 0 fully saturated rings. The van der Waals surface area contributed by atoms with Crippen LogP contribution in [-0.4, -0.2) is 21.7 Å². The third-order valence-electron chi connectivity index (χ3n) is 4.65. The molecule has 130 valence electrons. The number of amides is 1. The van der Waals surface area contributed by atoms with Crippen molar-refractivity contribution in [2.75, 3.05) is 0 Å². The van der Waals surface area contributed by atoms with Crippen LogP contribution in [0.1, 0.15) is 11.1 Å². The minimum atomic E-state index is -0.283. The lowest BCUT2D eigenvalue weighted by Gasteiger charge is -2.13. The summed E-state index contributed by atoms with van der Waals surface area (Å²) in [5.74, 6) is -0.192. The first kappa shape index (κ1) is 16.3. The molecule has 0 unspecified atom stereocenters. The predicted molar refractivity (Wildman–Crippen MR) is 99.7 cm³/mol. The molecule has 0 aliphatic heterocycles. The minimum absolute atomic E-state index is 0.0768. The Hall–Kier alpha value is -3.21. The van der Waals surface area contributed by atoms with Crippen LogP contribution >= 0.6 is 0 Å². The largest absolute Gasteiger partial charge is 0.351 e. The van der Waals surface area contributed by atoms with Gasteiger partial charge in [0.2, 0.25) is 5.91 Å². The summed E-state index contributed by atoms with van der Waals surface area (Å²) in [5, 5.41) is 7.36. The van der Waals surface area contributed by atoms with E-state index in [0.29, 0.717) is 5.69 Å². The third kappa shape index (κ3) is 3.42. The average molecular weight is 345 g/mol. The number of hydrogen-bond donors (Lipinski definition) is 1. The smallest absolute Gasteiger partial charge is 0.267 e. The van der Waals surface area contributed by atoms with Crippen molar-refractivity contribution in [3.8, 4) is 11.3 Å². The standard InChI is InChI=1S/C21H19N3O2/c25-20(22-18-12-16-8-4-5-9-17(16)13-18)14-24-21(26)11-10-19(23-24)15-6-2-1-3-7-15/h1-11,18H,12-14H2,(H,22,25). The van der Waals surface area contributed by atoms with Crippen molar-refractivity contribution in [1.82, 2.24) is 15.1 Å². The van der Waals surface area contributed by atoms with E-state index in [0.717, 1.165) is 18.4 Å². The topological polar surface area (TPSA) is 64.0 Å². The van der Waals surface area contributed by atoms with Crippen molar-refractivity contribution in [2.24, 2.45) is 0 Å². The second-order valence-corrected chi connectivity index (χ2v) is 6.52. The highest BCUT2D eigenvalue weighted by atomic mass is 16.2. The van der Waals surface area contributed by atoms with E-state index >= 15 is 0 Å². The van der Waals surface area contributed by atoms with Gasteiger partial charge in [0.1, 0.15) is 6.54 Å². The zero-order chi connectivity index (χ0) is 17.9. The van der Waals surface area contributed by atoms with Gasteiger partial charge in [-0.05, 0) is 30.0 Å². The Morgan fingerprint density at radius 1 is 0.962 bits per heavy atom. The summed E-state index contributed by atoms with van der Waals surface area (Å²) in [7, 11) is 0. The molecule has 0 spiro atoms. The van der Waals surface area contributed by atoms with Crippen molar-refractivity contribution < 1.29 is 4.79 Å². The van der Waals surface area contributed by atoms with E-state index in [-0.39, 0.29) is 24.1 Å². The van der Waals surface area contributed by atoms with Crippen LogP contribution in [0.25, 0.3) is 11.3 Å². The van der Waals surface area contributed by atoms with Crippen molar-refractivity contribution >= 4 is 5.91 Å². The van der Waals surface area contributed by atoms with Gasteiger partial charge in [-0.25, -0.2) is 4.68 Å². The maximum atomic E-state index is 12.4. The molecule has 1 N–H and O–H groups in total. The second-order valence-electron chi connectivity index (χ2n) is 6.52. The lowest BCUT2D eigenvalue weighted by molar-refractivity contribution is -0.122. The Labute approximate surface area is 151 Å². The normalized spacial score (nSPS) is 13.4. The third-order valence-corrected chi connectivity index (χ3v) is 4.65. The number of fused-ring (bicyclic) bond motifs is 1. The number of nitrogens with zero attached hydrogens (tertiary/aromatic N) is 2. The molecule has 26 heavy (non-hydrogen) atoms. The molecule has 3 aromatic rings. The van der Waals surface area contributed by atoms with Gasteiger partial charge < -0.3 is 5.32 Å². The molecule has 0 radical (unpaired) electrons. The van der Waals surface area contributed by atoms with Crippen LogP contribution in [0.4, 0.5) is 0 Å². The first-order chi connectivity index (χ1) is 12.7. The fourth-order valence-corrected chi connectivity index (χ4v) is 3.40. The van der Waals surface area contributed by atoms with Crippen molar-refractivity contribution in [3.63, 3.8) is 0 Å². The van der Waals surface area contributed by atoms with E-state index in [2.05, 4.69) is 22.5 Å². The van der Waals surface area contributed by atoms with Crippen LogP contribution in [0.15, 0.2) is 71.5 Å². The summed E-state index contributed by atoms with van der Waals surface area (Å²) in [6.45, 7) is -0.0770. The molecule has 0 saturated heterocycles. The molecule has 1 aliphatic rings. The van der Waals surface area contributed by atoms with Gasteiger partial charge in [-0.15, -0.1) is 0 Å². The molecule has 0 bridgehead atoms. The maximum Gasteiger partial charge on any atom is 0.267 e. The molecule has 5 heteroatoms. The van der Waals surface area contributed by atoms with Gasteiger partial charge in [-0.3, -0.25) is 9.59 Å². The molecule has 1 aliphatic carbocycles. The highest BCUT2D eigenvalue weighted by molar-refractivity contribution is 5.76. The van der Waals surface area contributed by atoms with Crippen LogP contribution in [0.5, 0.6) is 0 Å². The molecule has 1 aromatic heterocycles. The second kappa shape index (κ2) is 6.96. The van der Waals surface area contributed by atoms with Crippen LogP contribution in [0, 0.1) is 0 Å². The SMILES string of the molecule is O=C(Cn1nc(-c2ccccc2)ccc1=O)NC1Cc2ccccc2C1. The molecular weight excluding hydrogens is 326 g/mol. The zero-order valence-electron chi connectivity index (χ0n) is 14.3. The van der Waals surface area contributed by atoms with Crippen LogP contribution in [0.2, 0.25) is 0 Å². The summed E-state index contributed by atoms with van der Waals surface area (Å²) in [4.78, 5) is 24.5. The molecule has 0 atom stereocenters. The Bertz CT molecular complexity index is 970. The van der Waals surface area contributed by atoms with E-state index < -0.39 is 0 Å². The van der Waals surface area contributed by atoms with Gasteiger partial charge in [0, 0.05) is 17.7 Å². The van der Waals surface area contributed by atoms with Crippen molar-refractivity contribution in [1.29, 1.82) is 0 Å². The van der Waals surface area contributed by atoms with Gasteiger partial charge in [0.05, 0.1) is 5.69 Å². The van der Waals surface area contributed by atoms with E-state index in [4.69, 9.17) is 0 Å². The highest BCUT2D eigenvalue weighted by Gasteiger charge is 2.22. The quantitative estimate of drug-likeness (QED) is 0.788. The number of hydrogen-bond acceptors (Lipinski definition) is 3. The van der Waals surface area contributed by atoms with E-state index in [1.54, 1.807) is 6.07 Å². The molecule has 1 heterocycles. The fraction of sp³-hybridized carbons (Fsp3) is 0.190. The van der Waals surface area contributed by atoms with E-state index in [1.807, 2.05) is 42.5 Å². The molecule has 5 nitrogen and oxygen atoms in total. The van der Waals surface area contributed by atoms with Gasteiger partial charge >= 0.3 is 0 Å². The molecule has 0 saturated carbocycles. The number of rotatable bonds is 4. The first-order valence-corrected chi connectivity index (χ1v) is 8.69. The number of aromatic nitrogens is 2. The summed E-state index contributed by atoms with van der Waals surface area (Å²) in [5.41, 5.74) is 3.85. The highest BCUT2D eigenvalue weighted by Crippen LogP contribution is 2.21. The summed E-state index contributed by atoms with van der Waals surface area (Å²) in [6, 6.07) is 21.0. The van der Waals surface area contributed by atoms with Crippen molar-refractivity contribution in [2.45, 2.75) is 25.4 Å². The number of carbonyl (C=O) groups is 1. The first-order valence-electron chi connectivity index (χ1n) is 8.69. The summed E-state index contributed by atoms with van der Waals surface area (Å²) in [6.07, 6.45) is 1.66. The van der Waals surface area contributed by atoms with E-state index in [9.17, 15) is 9.59 Å². The van der Waals surface area contributed by atoms with Gasteiger partial charge in [0.15, 0.2) is 0 Å². The number of nitrogens with one attached hydrogen (secondary N) is 1. The molecule has 1 amide bonds. The lowest BCUT2D eigenvalue weighted by Crippen LogP contribution is -2.39. The number of carbonyl (C=O) groups excluding carboxylic acids is 1. The van der Waals surface area contributed by atoms with Crippen LogP contribution < -0.4 is 10.9 Å². The predicted octanol–water partition coefficient (Wildman–Crippen LogP) is 2.19. The number of benzene rings is 2. The minimum Gasteiger partial charge on any atom is -0.351 e. The fourth-order valence-electron chi connectivity index (χ4n) is 3.40. The van der Waals surface area contributed by atoms with Crippen LogP contribution in [-0.2, 0) is 24.2 Å².